The molecule has 1 atom stereocenters. The largest absolute Gasteiger partial charge is 0.318 e. The van der Waals surface area contributed by atoms with Crippen molar-refractivity contribution in [1.82, 2.24) is 9.78 Å². The number of aromatic nitrogens is 2. The number of halogens is 1. The highest BCUT2D eigenvalue weighted by Crippen LogP contribution is 2.31. The molecular formula is C12H14BrN3. The molecule has 0 aliphatic carbocycles. The summed E-state index contributed by atoms with van der Waals surface area (Å²) < 4.78 is 2.78. The molecule has 0 fully saturated rings. The second-order valence-electron chi connectivity index (χ2n) is 4.08. The molecule has 1 heterocycles. The Morgan fingerprint density at radius 3 is 2.62 bits per heavy atom. The van der Waals surface area contributed by atoms with E-state index < -0.39 is 5.54 Å². The first-order valence-electron chi connectivity index (χ1n) is 5.05. The lowest BCUT2D eigenvalue weighted by Gasteiger charge is -2.25. The van der Waals surface area contributed by atoms with Gasteiger partial charge in [-0.05, 0) is 18.6 Å². The maximum Gasteiger partial charge on any atom is 0.0678 e. The SMILES string of the molecule is Cn1cc(C(C)(N)c2ccccc2Br)cn1. The molecule has 0 aliphatic rings. The number of aryl methyl sites for hydroxylation is 1. The van der Waals surface area contributed by atoms with Crippen LogP contribution in [-0.4, -0.2) is 9.78 Å². The van der Waals surface area contributed by atoms with Crippen LogP contribution in [0, 0.1) is 0 Å². The summed E-state index contributed by atoms with van der Waals surface area (Å²) >= 11 is 3.53. The molecule has 0 radical (unpaired) electrons. The molecule has 0 saturated carbocycles. The molecule has 84 valence electrons. The molecule has 2 rings (SSSR count). The van der Waals surface area contributed by atoms with Gasteiger partial charge in [-0.1, -0.05) is 34.1 Å². The number of nitrogens with zero attached hydrogens (tertiary/aromatic N) is 2. The maximum absolute atomic E-state index is 6.39. The van der Waals surface area contributed by atoms with Crippen molar-refractivity contribution in [3.8, 4) is 0 Å². The smallest absolute Gasteiger partial charge is 0.0678 e. The summed E-state index contributed by atoms with van der Waals surface area (Å²) in [5, 5.41) is 4.16. The van der Waals surface area contributed by atoms with Crippen LogP contribution in [-0.2, 0) is 12.6 Å². The molecule has 0 spiro atoms. The molecule has 0 amide bonds. The van der Waals surface area contributed by atoms with Gasteiger partial charge in [-0.2, -0.15) is 5.10 Å². The highest BCUT2D eigenvalue weighted by Gasteiger charge is 2.26. The van der Waals surface area contributed by atoms with E-state index in [4.69, 9.17) is 5.73 Å². The average molecular weight is 280 g/mol. The molecule has 16 heavy (non-hydrogen) atoms. The summed E-state index contributed by atoms with van der Waals surface area (Å²) in [6.45, 7) is 1.99. The van der Waals surface area contributed by atoms with Crippen molar-refractivity contribution in [3.05, 3.63) is 52.3 Å². The first kappa shape index (κ1) is 11.4. The summed E-state index contributed by atoms with van der Waals surface area (Å²) in [5.74, 6) is 0. The van der Waals surface area contributed by atoms with Gasteiger partial charge in [0, 0.05) is 23.3 Å². The van der Waals surface area contributed by atoms with Gasteiger partial charge in [0.05, 0.1) is 11.7 Å². The Balaban J connectivity index is 2.50. The molecule has 1 aromatic carbocycles. The van der Waals surface area contributed by atoms with Crippen molar-refractivity contribution in [3.63, 3.8) is 0 Å². The van der Waals surface area contributed by atoms with E-state index in [9.17, 15) is 0 Å². The number of rotatable bonds is 2. The van der Waals surface area contributed by atoms with Crippen LogP contribution in [0.25, 0.3) is 0 Å². The maximum atomic E-state index is 6.39. The highest BCUT2D eigenvalue weighted by atomic mass is 79.9. The number of nitrogens with two attached hydrogens (primary N) is 1. The zero-order valence-corrected chi connectivity index (χ0v) is 10.9. The Morgan fingerprint density at radius 2 is 2.06 bits per heavy atom. The summed E-state index contributed by atoms with van der Waals surface area (Å²) in [7, 11) is 1.89. The molecule has 3 nitrogen and oxygen atoms in total. The molecular weight excluding hydrogens is 266 g/mol. The van der Waals surface area contributed by atoms with E-state index >= 15 is 0 Å². The van der Waals surface area contributed by atoms with Gasteiger partial charge in [-0.3, -0.25) is 4.68 Å². The monoisotopic (exact) mass is 279 g/mol. The fourth-order valence-corrected chi connectivity index (χ4v) is 2.42. The lowest BCUT2D eigenvalue weighted by molar-refractivity contribution is 0.599. The second-order valence-corrected chi connectivity index (χ2v) is 4.94. The topological polar surface area (TPSA) is 43.8 Å². The fourth-order valence-electron chi connectivity index (χ4n) is 1.73. The molecule has 2 aromatic rings. The van der Waals surface area contributed by atoms with E-state index in [2.05, 4.69) is 21.0 Å². The van der Waals surface area contributed by atoms with Gasteiger partial charge >= 0.3 is 0 Å². The minimum atomic E-state index is -0.533. The van der Waals surface area contributed by atoms with Crippen LogP contribution >= 0.6 is 15.9 Å². The Bertz CT molecular complexity index is 502. The predicted octanol–water partition coefficient (Wildman–Crippen LogP) is 2.40. The van der Waals surface area contributed by atoms with E-state index in [1.165, 1.54) is 0 Å². The first-order chi connectivity index (χ1) is 7.51. The van der Waals surface area contributed by atoms with Crippen LogP contribution in [0.15, 0.2) is 41.1 Å². The normalized spacial score (nSPS) is 14.8. The standard InChI is InChI=1S/C12H14BrN3/c1-12(14,9-7-15-16(2)8-9)10-5-3-4-6-11(10)13/h3-8H,14H2,1-2H3. The second kappa shape index (κ2) is 4.03. The fraction of sp³-hybridized carbons (Fsp3) is 0.250. The van der Waals surface area contributed by atoms with E-state index in [0.29, 0.717) is 0 Å². The third kappa shape index (κ3) is 1.90. The first-order valence-corrected chi connectivity index (χ1v) is 5.84. The van der Waals surface area contributed by atoms with Crippen molar-refractivity contribution in [2.45, 2.75) is 12.5 Å². The van der Waals surface area contributed by atoms with Gasteiger partial charge in [0.25, 0.3) is 0 Å². The van der Waals surface area contributed by atoms with E-state index in [0.717, 1.165) is 15.6 Å². The molecule has 1 aromatic heterocycles. The van der Waals surface area contributed by atoms with Crippen LogP contribution in [0.4, 0.5) is 0 Å². The molecule has 0 aliphatic heterocycles. The van der Waals surface area contributed by atoms with Crippen LogP contribution < -0.4 is 5.73 Å². The lowest BCUT2D eigenvalue weighted by atomic mass is 9.88. The predicted molar refractivity (Wildman–Crippen MR) is 68.0 cm³/mol. The average Bonchev–Trinajstić information content (AvgIpc) is 2.66. The third-order valence-corrected chi connectivity index (χ3v) is 3.43. The van der Waals surface area contributed by atoms with Gasteiger partial charge in [0.2, 0.25) is 0 Å². The van der Waals surface area contributed by atoms with E-state index in [-0.39, 0.29) is 0 Å². The van der Waals surface area contributed by atoms with Gasteiger partial charge in [-0.25, -0.2) is 0 Å². The summed E-state index contributed by atoms with van der Waals surface area (Å²) in [6, 6.07) is 7.99. The van der Waals surface area contributed by atoms with Gasteiger partial charge in [-0.15, -0.1) is 0 Å². The highest BCUT2D eigenvalue weighted by molar-refractivity contribution is 9.10. The van der Waals surface area contributed by atoms with E-state index in [1.807, 2.05) is 44.4 Å². The molecule has 0 saturated heterocycles. The minimum Gasteiger partial charge on any atom is -0.318 e. The third-order valence-electron chi connectivity index (χ3n) is 2.74. The van der Waals surface area contributed by atoms with Crippen LogP contribution in [0.3, 0.4) is 0 Å². The van der Waals surface area contributed by atoms with Crippen molar-refractivity contribution in [2.75, 3.05) is 0 Å². The van der Waals surface area contributed by atoms with Gasteiger partial charge < -0.3 is 5.73 Å². The molecule has 0 bridgehead atoms. The van der Waals surface area contributed by atoms with Crippen LogP contribution in [0.1, 0.15) is 18.1 Å². The molecule has 2 N–H and O–H groups in total. The quantitative estimate of drug-likeness (QED) is 0.918. The van der Waals surface area contributed by atoms with Crippen molar-refractivity contribution in [1.29, 1.82) is 0 Å². The Morgan fingerprint density at radius 1 is 1.38 bits per heavy atom. The number of hydrogen-bond acceptors (Lipinski definition) is 2. The van der Waals surface area contributed by atoms with Crippen LogP contribution in [0.5, 0.6) is 0 Å². The Kier molecular flexibility index (Phi) is 2.86. The minimum absolute atomic E-state index is 0.533. The summed E-state index contributed by atoms with van der Waals surface area (Å²) in [6.07, 6.45) is 3.75. The Hall–Kier alpha value is -1.13. The van der Waals surface area contributed by atoms with Crippen molar-refractivity contribution >= 4 is 15.9 Å². The van der Waals surface area contributed by atoms with Gasteiger partial charge in [0.15, 0.2) is 0 Å². The zero-order chi connectivity index (χ0) is 11.8. The van der Waals surface area contributed by atoms with Crippen molar-refractivity contribution < 1.29 is 0 Å². The number of hydrogen-bond donors (Lipinski definition) is 1. The molecule has 4 heteroatoms. The van der Waals surface area contributed by atoms with Crippen molar-refractivity contribution in [2.24, 2.45) is 12.8 Å². The zero-order valence-electron chi connectivity index (χ0n) is 9.31. The lowest BCUT2D eigenvalue weighted by Crippen LogP contribution is -2.34. The molecule has 1 unspecified atom stereocenters. The van der Waals surface area contributed by atoms with E-state index in [1.54, 1.807) is 10.9 Å². The summed E-state index contributed by atoms with van der Waals surface area (Å²) in [4.78, 5) is 0. The number of benzene rings is 1. The summed E-state index contributed by atoms with van der Waals surface area (Å²) in [5.41, 5.74) is 7.92. The van der Waals surface area contributed by atoms with Crippen LogP contribution in [0.2, 0.25) is 0 Å². The Labute approximate surface area is 103 Å². The van der Waals surface area contributed by atoms with Gasteiger partial charge in [0.1, 0.15) is 0 Å².